The summed E-state index contributed by atoms with van der Waals surface area (Å²) in [5, 5.41) is 0. The molecule has 1 heteroatoms. The molecule has 0 aliphatic carbocycles. The number of benzene rings is 1. The van der Waals surface area contributed by atoms with Gasteiger partial charge in [-0.25, -0.2) is 0 Å². The maximum atomic E-state index is 12.3. The number of carbonyl (C=O) groups is 1. The Morgan fingerprint density at radius 1 is 1.05 bits per heavy atom. The van der Waals surface area contributed by atoms with Gasteiger partial charge < -0.3 is 0 Å². The summed E-state index contributed by atoms with van der Waals surface area (Å²) in [5.41, 5.74) is 2.10. The molecule has 0 bridgehead atoms. The van der Waals surface area contributed by atoms with Crippen molar-refractivity contribution in [2.75, 3.05) is 0 Å². The predicted octanol–water partition coefficient (Wildman–Crippen LogP) is 5.12. The first-order valence-electron chi connectivity index (χ1n) is 7.28. The average molecular weight is 258 g/mol. The van der Waals surface area contributed by atoms with Crippen molar-refractivity contribution in [2.45, 2.75) is 47.0 Å². The molecule has 0 heterocycles. The Kier molecular flexibility index (Phi) is 6.55. The van der Waals surface area contributed by atoms with Gasteiger partial charge in [0.05, 0.1) is 0 Å². The molecule has 0 spiro atoms. The number of hydrogen-bond donors (Lipinski definition) is 0. The van der Waals surface area contributed by atoms with E-state index in [1.165, 1.54) is 0 Å². The first kappa shape index (κ1) is 15.7. The molecule has 0 saturated carbocycles. The van der Waals surface area contributed by atoms with Crippen LogP contribution in [-0.2, 0) is 4.79 Å². The highest BCUT2D eigenvalue weighted by Crippen LogP contribution is 2.19. The molecule has 1 nitrogen and oxygen atoms in total. The topological polar surface area (TPSA) is 17.1 Å². The Morgan fingerprint density at radius 3 is 2.21 bits per heavy atom. The van der Waals surface area contributed by atoms with E-state index in [2.05, 4.69) is 45.9 Å². The lowest BCUT2D eigenvalue weighted by Gasteiger charge is -2.11. The molecule has 0 amide bonds. The molecular weight excluding hydrogens is 232 g/mol. The lowest BCUT2D eigenvalue weighted by molar-refractivity contribution is -0.116. The minimum atomic E-state index is 0.311. The van der Waals surface area contributed by atoms with E-state index in [-0.39, 0.29) is 0 Å². The van der Waals surface area contributed by atoms with Crippen LogP contribution in [0, 0.1) is 11.8 Å². The van der Waals surface area contributed by atoms with Crippen LogP contribution in [0.4, 0.5) is 0 Å². The number of allylic oxidation sites excluding steroid dienone is 1. The SMILES string of the molecule is CC(C)CCC(=O)C(=Cc1ccccc1)CC(C)C. The van der Waals surface area contributed by atoms with Crippen LogP contribution in [0.25, 0.3) is 6.08 Å². The maximum absolute atomic E-state index is 12.3. The zero-order chi connectivity index (χ0) is 14.3. The molecule has 0 unspecified atom stereocenters. The van der Waals surface area contributed by atoms with Crippen molar-refractivity contribution in [3.8, 4) is 0 Å². The molecule has 1 aromatic rings. The van der Waals surface area contributed by atoms with Crippen LogP contribution < -0.4 is 0 Å². The van der Waals surface area contributed by atoms with Crippen LogP contribution in [-0.4, -0.2) is 5.78 Å². The highest BCUT2D eigenvalue weighted by molar-refractivity contribution is 5.99. The van der Waals surface area contributed by atoms with Crippen LogP contribution in [0.2, 0.25) is 0 Å². The third-order valence-electron chi connectivity index (χ3n) is 3.08. The van der Waals surface area contributed by atoms with Crippen LogP contribution >= 0.6 is 0 Å². The fraction of sp³-hybridized carbons (Fsp3) is 0.500. The van der Waals surface area contributed by atoms with Gasteiger partial charge in [-0.2, -0.15) is 0 Å². The average Bonchev–Trinajstić information content (AvgIpc) is 2.36. The van der Waals surface area contributed by atoms with Gasteiger partial charge in [0.2, 0.25) is 0 Å². The normalized spacial score (nSPS) is 12.2. The molecule has 0 N–H and O–H groups in total. The smallest absolute Gasteiger partial charge is 0.158 e. The van der Waals surface area contributed by atoms with Gasteiger partial charge in [0.1, 0.15) is 0 Å². The minimum absolute atomic E-state index is 0.311. The molecule has 0 aliphatic rings. The van der Waals surface area contributed by atoms with Crippen molar-refractivity contribution >= 4 is 11.9 Å². The van der Waals surface area contributed by atoms with Crippen LogP contribution in [0.3, 0.4) is 0 Å². The Morgan fingerprint density at radius 2 is 1.68 bits per heavy atom. The van der Waals surface area contributed by atoms with E-state index in [0.29, 0.717) is 24.0 Å². The van der Waals surface area contributed by atoms with Crippen molar-refractivity contribution in [1.82, 2.24) is 0 Å². The molecule has 0 fully saturated rings. The highest BCUT2D eigenvalue weighted by Gasteiger charge is 2.12. The van der Waals surface area contributed by atoms with Crippen molar-refractivity contribution in [1.29, 1.82) is 0 Å². The van der Waals surface area contributed by atoms with E-state index in [1.807, 2.05) is 18.2 Å². The Hall–Kier alpha value is -1.37. The molecule has 0 atom stereocenters. The second-order valence-corrected chi connectivity index (χ2v) is 6.03. The van der Waals surface area contributed by atoms with E-state index >= 15 is 0 Å². The molecule has 0 aliphatic heterocycles. The second-order valence-electron chi connectivity index (χ2n) is 6.03. The van der Waals surface area contributed by atoms with Crippen molar-refractivity contribution < 1.29 is 4.79 Å². The van der Waals surface area contributed by atoms with E-state index in [0.717, 1.165) is 24.0 Å². The zero-order valence-corrected chi connectivity index (χ0v) is 12.6. The van der Waals surface area contributed by atoms with Crippen LogP contribution in [0.1, 0.15) is 52.5 Å². The van der Waals surface area contributed by atoms with Gasteiger partial charge >= 0.3 is 0 Å². The second kappa shape index (κ2) is 7.93. The Labute approximate surface area is 117 Å². The number of Topliss-reactive ketones (excluding diaryl/α,β-unsaturated/α-hetero) is 1. The summed E-state index contributed by atoms with van der Waals surface area (Å²) < 4.78 is 0. The number of rotatable bonds is 7. The van der Waals surface area contributed by atoms with Gasteiger partial charge in [-0.05, 0) is 41.9 Å². The number of carbonyl (C=O) groups excluding carboxylic acids is 1. The summed E-state index contributed by atoms with van der Waals surface area (Å²) in [7, 11) is 0. The maximum Gasteiger partial charge on any atom is 0.158 e. The summed E-state index contributed by atoms with van der Waals surface area (Å²) in [6.07, 6.45) is 4.57. The highest BCUT2D eigenvalue weighted by atomic mass is 16.1. The first-order valence-corrected chi connectivity index (χ1v) is 7.28. The summed E-state index contributed by atoms with van der Waals surface area (Å²) in [6.45, 7) is 8.65. The van der Waals surface area contributed by atoms with Crippen molar-refractivity contribution in [3.63, 3.8) is 0 Å². The number of hydrogen-bond acceptors (Lipinski definition) is 1. The summed E-state index contributed by atoms with van der Waals surface area (Å²) in [4.78, 5) is 12.3. The monoisotopic (exact) mass is 258 g/mol. The molecule has 0 radical (unpaired) electrons. The van der Waals surface area contributed by atoms with Gasteiger partial charge in [-0.3, -0.25) is 4.79 Å². The van der Waals surface area contributed by atoms with Gasteiger partial charge in [-0.15, -0.1) is 0 Å². The molecule has 19 heavy (non-hydrogen) atoms. The fourth-order valence-electron chi connectivity index (χ4n) is 2.02. The third kappa shape index (κ3) is 6.37. The standard InChI is InChI=1S/C18H26O/c1-14(2)10-11-18(19)17(12-15(3)4)13-16-8-6-5-7-9-16/h5-9,13-15H,10-12H2,1-4H3. The summed E-state index contributed by atoms with van der Waals surface area (Å²) in [6, 6.07) is 10.1. The summed E-state index contributed by atoms with van der Waals surface area (Å²) >= 11 is 0. The van der Waals surface area contributed by atoms with Gasteiger partial charge in [0, 0.05) is 6.42 Å². The zero-order valence-electron chi connectivity index (χ0n) is 12.6. The largest absolute Gasteiger partial charge is 0.295 e. The molecule has 1 rings (SSSR count). The van der Waals surface area contributed by atoms with Crippen LogP contribution in [0.5, 0.6) is 0 Å². The molecule has 104 valence electrons. The molecule has 1 aromatic carbocycles. The Balaban J connectivity index is 2.82. The predicted molar refractivity (Wildman–Crippen MR) is 83.0 cm³/mol. The van der Waals surface area contributed by atoms with E-state index < -0.39 is 0 Å². The van der Waals surface area contributed by atoms with Crippen molar-refractivity contribution in [3.05, 3.63) is 41.5 Å². The van der Waals surface area contributed by atoms with E-state index in [1.54, 1.807) is 0 Å². The van der Waals surface area contributed by atoms with Crippen molar-refractivity contribution in [2.24, 2.45) is 11.8 Å². The molecule has 0 aromatic heterocycles. The van der Waals surface area contributed by atoms with Gasteiger partial charge in [0.15, 0.2) is 5.78 Å². The lowest BCUT2D eigenvalue weighted by atomic mass is 9.93. The quantitative estimate of drug-likeness (QED) is 0.620. The lowest BCUT2D eigenvalue weighted by Crippen LogP contribution is -2.07. The van der Waals surface area contributed by atoms with E-state index in [9.17, 15) is 4.79 Å². The van der Waals surface area contributed by atoms with Crippen LogP contribution in [0.15, 0.2) is 35.9 Å². The third-order valence-corrected chi connectivity index (χ3v) is 3.08. The van der Waals surface area contributed by atoms with Gasteiger partial charge in [0.25, 0.3) is 0 Å². The van der Waals surface area contributed by atoms with E-state index in [4.69, 9.17) is 0 Å². The fourth-order valence-corrected chi connectivity index (χ4v) is 2.02. The van der Waals surface area contributed by atoms with Gasteiger partial charge in [-0.1, -0.05) is 58.0 Å². The Bertz CT molecular complexity index is 413. The first-order chi connectivity index (χ1) is 8.99. The molecule has 0 saturated heterocycles. The number of ketones is 1. The minimum Gasteiger partial charge on any atom is -0.295 e. The summed E-state index contributed by atoms with van der Waals surface area (Å²) in [5.74, 6) is 1.41. The molecular formula is C18H26O.